The minimum absolute atomic E-state index is 0.386. The summed E-state index contributed by atoms with van der Waals surface area (Å²) in [5.74, 6) is 2.02. The van der Waals surface area contributed by atoms with Crippen LogP contribution in [0.25, 0.3) is 0 Å². The number of thioether (sulfide) groups is 1. The van der Waals surface area contributed by atoms with E-state index >= 15 is 0 Å². The van der Waals surface area contributed by atoms with Crippen molar-refractivity contribution in [2.75, 3.05) is 5.75 Å². The molecule has 1 nitrogen and oxygen atoms in total. The van der Waals surface area contributed by atoms with Gasteiger partial charge in [0.2, 0.25) is 0 Å². The molecule has 2 rings (SSSR count). The highest BCUT2D eigenvalue weighted by Crippen LogP contribution is 2.27. The van der Waals surface area contributed by atoms with Crippen molar-refractivity contribution in [3.8, 4) is 0 Å². The van der Waals surface area contributed by atoms with Crippen LogP contribution < -0.4 is 0 Å². The van der Waals surface area contributed by atoms with Gasteiger partial charge in [0.1, 0.15) is 5.78 Å². The van der Waals surface area contributed by atoms with E-state index in [-0.39, 0.29) is 0 Å². The van der Waals surface area contributed by atoms with Gasteiger partial charge in [-0.25, -0.2) is 0 Å². The van der Waals surface area contributed by atoms with Gasteiger partial charge in [0.05, 0.1) is 0 Å². The fourth-order valence-corrected chi connectivity index (χ4v) is 3.13. The summed E-state index contributed by atoms with van der Waals surface area (Å²) in [5.41, 5.74) is 0. The number of rotatable bonds is 5. The molecule has 1 atom stereocenters. The van der Waals surface area contributed by atoms with Gasteiger partial charge < -0.3 is 0 Å². The molecule has 16 heavy (non-hydrogen) atoms. The third-order valence-corrected chi connectivity index (χ3v) is 4.24. The molecule has 1 aromatic carbocycles. The third kappa shape index (κ3) is 3.38. The van der Waals surface area contributed by atoms with Gasteiger partial charge >= 0.3 is 0 Å². The van der Waals surface area contributed by atoms with Crippen molar-refractivity contribution >= 4 is 17.5 Å². The maximum absolute atomic E-state index is 11.4. The van der Waals surface area contributed by atoms with Crippen LogP contribution in [0.3, 0.4) is 0 Å². The van der Waals surface area contributed by atoms with Crippen LogP contribution in [0.2, 0.25) is 0 Å². The Morgan fingerprint density at radius 1 is 1.25 bits per heavy atom. The molecule has 1 aliphatic carbocycles. The molecular weight excluding hydrogens is 216 g/mol. The molecule has 0 bridgehead atoms. The van der Waals surface area contributed by atoms with E-state index in [0.29, 0.717) is 11.7 Å². The number of ketones is 1. The Hall–Kier alpha value is -0.760. The Labute approximate surface area is 102 Å². The zero-order chi connectivity index (χ0) is 11.2. The summed E-state index contributed by atoms with van der Waals surface area (Å²) in [4.78, 5) is 12.8. The minimum Gasteiger partial charge on any atom is -0.299 e. The molecule has 0 heterocycles. The molecule has 1 unspecified atom stereocenters. The zero-order valence-electron chi connectivity index (χ0n) is 9.52. The Bertz CT molecular complexity index is 334. The first-order valence-electron chi connectivity index (χ1n) is 6.07. The summed E-state index contributed by atoms with van der Waals surface area (Å²) < 4.78 is 0. The van der Waals surface area contributed by atoms with Crippen LogP contribution in [-0.4, -0.2) is 11.5 Å². The fraction of sp³-hybridized carbons (Fsp3) is 0.500. The van der Waals surface area contributed by atoms with Gasteiger partial charge in [-0.2, -0.15) is 0 Å². The van der Waals surface area contributed by atoms with E-state index in [4.69, 9.17) is 0 Å². The lowest BCUT2D eigenvalue weighted by Gasteiger charge is -2.06. The number of hydrogen-bond donors (Lipinski definition) is 0. The lowest BCUT2D eigenvalue weighted by Crippen LogP contribution is -2.06. The predicted octanol–water partition coefficient (Wildman–Crippen LogP) is 3.93. The summed E-state index contributed by atoms with van der Waals surface area (Å²) in [6.07, 6.45) is 5.34. The fourth-order valence-electron chi connectivity index (χ4n) is 2.23. The van der Waals surface area contributed by atoms with E-state index in [1.807, 2.05) is 17.8 Å². The normalized spacial score (nSPS) is 20.2. The molecule has 1 fully saturated rings. The van der Waals surface area contributed by atoms with E-state index < -0.39 is 0 Å². The maximum Gasteiger partial charge on any atom is 0.135 e. The Morgan fingerprint density at radius 3 is 2.75 bits per heavy atom. The van der Waals surface area contributed by atoms with Crippen LogP contribution in [0.4, 0.5) is 0 Å². The molecule has 1 aliphatic rings. The van der Waals surface area contributed by atoms with Gasteiger partial charge in [-0.15, -0.1) is 11.8 Å². The number of carbonyl (C=O) groups excluding carboxylic acids is 1. The van der Waals surface area contributed by atoms with Gasteiger partial charge in [-0.05, 0) is 43.6 Å². The third-order valence-electron chi connectivity index (χ3n) is 3.14. The molecule has 86 valence electrons. The Morgan fingerprint density at radius 2 is 2.06 bits per heavy atom. The monoisotopic (exact) mass is 234 g/mol. The van der Waals surface area contributed by atoms with Crippen molar-refractivity contribution < 1.29 is 4.79 Å². The quantitative estimate of drug-likeness (QED) is 0.567. The summed E-state index contributed by atoms with van der Waals surface area (Å²) in [5, 5.41) is 0. The van der Waals surface area contributed by atoms with Gasteiger partial charge in [0.15, 0.2) is 0 Å². The minimum atomic E-state index is 0.386. The molecule has 0 radical (unpaired) electrons. The summed E-state index contributed by atoms with van der Waals surface area (Å²) in [7, 11) is 0. The number of Topliss-reactive ketones (excluding diaryl/α,β-unsaturated/α-hetero) is 1. The smallest absolute Gasteiger partial charge is 0.135 e. The second-order valence-electron chi connectivity index (χ2n) is 4.36. The lowest BCUT2D eigenvalue weighted by molar-refractivity contribution is -0.120. The van der Waals surface area contributed by atoms with Crippen molar-refractivity contribution in [2.24, 2.45) is 5.92 Å². The van der Waals surface area contributed by atoms with Crippen molar-refractivity contribution in [3.63, 3.8) is 0 Å². The maximum atomic E-state index is 11.4. The van der Waals surface area contributed by atoms with Gasteiger partial charge in [0.25, 0.3) is 0 Å². The number of benzene rings is 1. The van der Waals surface area contributed by atoms with Crippen LogP contribution in [-0.2, 0) is 4.79 Å². The molecule has 0 saturated heterocycles. The summed E-state index contributed by atoms with van der Waals surface area (Å²) in [6, 6.07) is 10.5. The second kappa shape index (κ2) is 6.09. The largest absolute Gasteiger partial charge is 0.299 e. The SMILES string of the molecule is O=C1CCCC1CCCSc1ccccc1. The van der Waals surface area contributed by atoms with Crippen LogP contribution in [0, 0.1) is 5.92 Å². The molecule has 0 amide bonds. The van der Waals surface area contributed by atoms with Gasteiger partial charge in [-0.3, -0.25) is 4.79 Å². The predicted molar refractivity (Wildman–Crippen MR) is 68.7 cm³/mol. The summed E-state index contributed by atoms with van der Waals surface area (Å²) >= 11 is 1.89. The second-order valence-corrected chi connectivity index (χ2v) is 5.53. The van der Waals surface area contributed by atoms with Crippen molar-refractivity contribution in [2.45, 2.75) is 37.0 Å². The molecule has 2 heteroatoms. The van der Waals surface area contributed by atoms with Crippen LogP contribution in [0.1, 0.15) is 32.1 Å². The molecular formula is C14H18OS. The molecule has 0 N–H and O–H groups in total. The lowest BCUT2D eigenvalue weighted by atomic mass is 10.0. The number of carbonyl (C=O) groups is 1. The van der Waals surface area contributed by atoms with Crippen LogP contribution in [0.5, 0.6) is 0 Å². The number of hydrogen-bond acceptors (Lipinski definition) is 2. The van der Waals surface area contributed by atoms with E-state index in [0.717, 1.165) is 37.9 Å². The van der Waals surface area contributed by atoms with Crippen molar-refractivity contribution in [3.05, 3.63) is 30.3 Å². The van der Waals surface area contributed by atoms with Gasteiger partial charge in [0, 0.05) is 17.2 Å². The first-order chi connectivity index (χ1) is 7.86. The first kappa shape index (κ1) is 11.7. The van der Waals surface area contributed by atoms with E-state index in [1.54, 1.807) is 0 Å². The average molecular weight is 234 g/mol. The topological polar surface area (TPSA) is 17.1 Å². The Balaban J connectivity index is 1.64. The van der Waals surface area contributed by atoms with E-state index in [2.05, 4.69) is 24.3 Å². The standard InChI is InChI=1S/C14H18OS/c15-14-10-4-6-12(14)7-5-11-16-13-8-2-1-3-9-13/h1-3,8-9,12H,4-7,10-11H2. The molecule has 0 spiro atoms. The summed E-state index contributed by atoms with van der Waals surface area (Å²) in [6.45, 7) is 0. The molecule has 1 saturated carbocycles. The Kier molecular flexibility index (Phi) is 4.46. The van der Waals surface area contributed by atoms with Crippen molar-refractivity contribution in [1.82, 2.24) is 0 Å². The molecule has 1 aromatic rings. The highest BCUT2D eigenvalue weighted by molar-refractivity contribution is 7.99. The highest BCUT2D eigenvalue weighted by Gasteiger charge is 2.23. The zero-order valence-corrected chi connectivity index (χ0v) is 10.3. The van der Waals surface area contributed by atoms with Crippen LogP contribution in [0.15, 0.2) is 35.2 Å². The highest BCUT2D eigenvalue weighted by atomic mass is 32.2. The van der Waals surface area contributed by atoms with E-state index in [9.17, 15) is 4.79 Å². The average Bonchev–Trinajstić information content (AvgIpc) is 2.72. The van der Waals surface area contributed by atoms with Crippen molar-refractivity contribution in [1.29, 1.82) is 0 Å². The molecule has 0 aromatic heterocycles. The molecule has 0 aliphatic heterocycles. The van der Waals surface area contributed by atoms with Gasteiger partial charge in [-0.1, -0.05) is 18.2 Å². The van der Waals surface area contributed by atoms with Crippen LogP contribution >= 0.6 is 11.8 Å². The van der Waals surface area contributed by atoms with E-state index in [1.165, 1.54) is 4.90 Å². The first-order valence-corrected chi connectivity index (χ1v) is 7.05.